The molecule has 2 aromatic heterocycles. The Bertz CT molecular complexity index is 527. The van der Waals surface area contributed by atoms with E-state index < -0.39 is 0 Å². The average Bonchev–Trinajstić information content (AvgIpc) is 2.39. The maximum absolute atomic E-state index is 12.1. The van der Waals surface area contributed by atoms with Crippen LogP contribution in [0.3, 0.4) is 0 Å². The highest BCUT2D eigenvalue weighted by molar-refractivity contribution is 6.06. The van der Waals surface area contributed by atoms with Crippen molar-refractivity contribution in [2.24, 2.45) is 0 Å². The molecule has 0 aliphatic carbocycles. The highest BCUT2D eigenvalue weighted by atomic mass is 16.2. The molecule has 0 bridgehead atoms. The third kappa shape index (κ3) is 2.23. The highest BCUT2D eigenvalue weighted by Gasteiger charge is 2.17. The lowest BCUT2D eigenvalue weighted by Gasteiger charge is -2.16. The van der Waals surface area contributed by atoms with Crippen LogP contribution < -0.4 is 10.6 Å². The van der Waals surface area contributed by atoms with Crippen molar-refractivity contribution in [1.29, 1.82) is 0 Å². The van der Waals surface area contributed by atoms with E-state index in [1.165, 1.54) is 11.1 Å². The van der Waals surface area contributed by atoms with Crippen LogP contribution >= 0.6 is 0 Å². The van der Waals surface area contributed by atoms with Crippen molar-refractivity contribution >= 4 is 17.4 Å². The SMILES string of the molecule is CN(C(=O)c1ncccc1N)c1ccccn1. The number of hydrogen-bond donors (Lipinski definition) is 1. The van der Waals surface area contributed by atoms with Crippen LogP contribution in [0.2, 0.25) is 0 Å². The molecular weight excluding hydrogens is 216 g/mol. The van der Waals surface area contributed by atoms with E-state index >= 15 is 0 Å². The van der Waals surface area contributed by atoms with Crippen molar-refractivity contribution in [3.8, 4) is 0 Å². The number of nitrogens with two attached hydrogens (primary N) is 1. The Morgan fingerprint density at radius 3 is 2.59 bits per heavy atom. The van der Waals surface area contributed by atoms with Crippen LogP contribution in [0.4, 0.5) is 11.5 Å². The summed E-state index contributed by atoms with van der Waals surface area (Å²) in [4.78, 5) is 21.6. The predicted molar refractivity (Wildman–Crippen MR) is 65.6 cm³/mol. The van der Waals surface area contributed by atoms with E-state index in [-0.39, 0.29) is 11.6 Å². The predicted octanol–water partition coefficient (Wildman–Crippen LogP) is 1.34. The van der Waals surface area contributed by atoms with Gasteiger partial charge in [0.2, 0.25) is 0 Å². The number of aromatic nitrogens is 2. The van der Waals surface area contributed by atoms with E-state index in [1.54, 1.807) is 37.5 Å². The molecule has 0 fully saturated rings. The standard InChI is InChI=1S/C12H12N4O/c1-16(10-6-2-3-7-14-10)12(17)11-9(13)5-4-8-15-11/h2-8H,13H2,1H3. The molecule has 2 aromatic rings. The molecule has 0 atom stereocenters. The number of amides is 1. The maximum Gasteiger partial charge on any atom is 0.279 e. The van der Waals surface area contributed by atoms with Gasteiger partial charge in [0, 0.05) is 19.4 Å². The van der Waals surface area contributed by atoms with Gasteiger partial charge in [0.15, 0.2) is 5.69 Å². The second kappa shape index (κ2) is 4.61. The molecule has 86 valence electrons. The zero-order valence-corrected chi connectivity index (χ0v) is 9.37. The summed E-state index contributed by atoms with van der Waals surface area (Å²) in [6.07, 6.45) is 3.16. The fourth-order valence-corrected chi connectivity index (χ4v) is 1.41. The van der Waals surface area contributed by atoms with E-state index in [0.29, 0.717) is 11.5 Å². The molecule has 2 heterocycles. The van der Waals surface area contributed by atoms with Gasteiger partial charge in [0.25, 0.3) is 5.91 Å². The molecule has 0 spiro atoms. The molecule has 1 amide bonds. The van der Waals surface area contributed by atoms with E-state index in [2.05, 4.69) is 9.97 Å². The lowest BCUT2D eigenvalue weighted by Crippen LogP contribution is -2.28. The van der Waals surface area contributed by atoms with Crippen LogP contribution in [0, 0.1) is 0 Å². The number of nitrogens with zero attached hydrogens (tertiary/aromatic N) is 3. The highest BCUT2D eigenvalue weighted by Crippen LogP contribution is 2.14. The van der Waals surface area contributed by atoms with Crippen molar-refractivity contribution in [1.82, 2.24) is 9.97 Å². The molecule has 0 aliphatic rings. The molecule has 17 heavy (non-hydrogen) atoms. The third-order valence-corrected chi connectivity index (χ3v) is 2.34. The molecular formula is C12H12N4O. The van der Waals surface area contributed by atoms with Gasteiger partial charge in [-0.25, -0.2) is 9.97 Å². The average molecular weight is 228 g/mol. The van der Waals surface area contributed by atoms with Crippen LogP contribution in [0.5, 0.6) is 0 Å². The molecule has 5 heteroatoms. The van der Waals surface area contributed by atoms with Gasteiger partial charge >= 0.3 is 0 Å². The number of carbonyl (C=O) groups is 1. The van der Waals surface area contributed by atoms with E-state index in [9.17, 15) is 4.79 Å². The van der Waals surface area contributed by atoms with Crippen molar-refractivity contribution in [3.05, 3.63) is 48.4 Å². The van der Waals surface area contributed by atoms with Crippen LogP contribution in [0.1, 0.15) is 10.5 Å². The van der Waals surface area contributed by atoms with Crippen molar-refractivity contribution in [2.45, 2.75) is 0 Å². The summed E-state index contributed by atoms with van der Waals surface area (Å²) in [7, 11) is 1.64. The first-order chi connectivity index (χ1) is 8.20. The number of anilines is 2. The smallest absolute Gasteiger partial charge is 0.279 e. The van der Waals surface area contributed by atoms with E-state index in [0.717, 1.165) is 0 Å². The van der Waals surface area contributed by atoms with Gasteiger partial charge in [0.05, 0.1) is 5.69 Å². The Hall–Kier alpha value is -2.43. The minimum absolute atomic E-state index is 0.237. The summed E-state index contributed by atoms with van der Waals surface area (Å²) in [5, 5.41) is 0. The first kappa shape index (κ1) is 11.1. The van der Waals surface area contributed by atoms with Crippen LogP contribution in [-0.4, -0.2) is 22.9 Å². The Morgan fingerprint density at radius 2 is 1.94 bits per heavy atom. The third-order valence-electron chi connectivity index (χ3n) is 2.34. The summed E-state index contributed by atoms with van der Waals surface area (Å²) in [6, 6.07) is 8.68. The first-order valence-electron chi connectivity index (χ1n) is 5.09. The molecule has 2 N–H and O–H groups in total. The van der Waals surface area contributed by atoms with Gasteiger partial charge in [0.1, 0.15) is 5.82 Å². The molecule has 0 saturated carbocycles. The number of rotatable bonds is 2. The van der Waals surface area contributed by atoms with Crippen LogP contribution in [-0.2, 0) is 0 Å². The molecule has 0 radical (unpaired) electrons. The Balaban J connectivity index is 2.30. The largest absolute Gasteiger partial charge is 0.397 e. The van der Waals surface area contributed by atoms with E-state index in [4.69, 9.17) is 5.73 Å². The minimum atomic E-state index is -0.276. The number of pyridine rings is 2. The molecule has 5 nitrogen and oxygen atoms in total. The number of nitrogen functional groups attached to an aromatic ring is 1. The van der Waals surface area contributed by atoms with Crippen molar-refractivity contribution < 1.29 is 4.79 Å². The van der Waals surface area contributed by atoms with Gasteiger partial charge in [-0.3, -0.25) is 9.69 Å². The second-order valence-electron chi connectivity index (χ2n) is 3.49. The fraction of sp³-hybridized carbons (Fsp3) is 0.0833. The van der Waals surface area contributed by atoms with Crippen molar-refractivity contribution in [2.75, 3.05) is 17.7 Å². The van der Waals surface area contributed by atoms with Gasteiger partial charge in [-0.15, -0.1) is 0 Å². The molecule has 0 aliphatic heterocycles. The van der Waals surface area contributed by atoms with Gasteiger partial charge in [-0.2, -0.15) is 0 Å². The van der Waals surface area contributed by atoms with Gasteiger partial charge in [-0.05, 0) is 24.3 Å². The van der Waals surface area contributed by atoms with Gasteiger partial charge < -0.3 is 5.73 Å². The van der Waals surface area contributed by atoms with E-state index in [1.807, 2.05) is 6.07 Å². The molecule has 0 aromatic carbocycles. The molecule has 0 unspecified atom stereocenters. The quantitative estimate of drug-likeness (QED) is 0.841. The molecule has 2 rings (SSSR count). The van der Waals surface area contributed by atoms with Crippen LogP contribution in [0.15, 0.2) is 42.7 Å². The maximum atomic E-state index is 12.1. The zero-order chi connectivity index (χ0) is 12.3. The fourth-order valence-electron chi connectivity index (χ4n) is 1.41. The number of carbonyl (C=O) groups excluding carboxylic acids is 1. The summed E-state index contributed by atoms with van der Waals surface area (Å²) in [5.74, 6) is 0.282. The van der Waals surface area contributed by atoms with Crippen molar-refractivity contribution in [3.63, 3.8) is 0 Å². The Labute approximate surface area is 98.9 Å². The summed E-state index contributed by atoms with van der Waals surface area (Å²) in [6.45, 7) is 0. The summed E-state index contributed by atoms with van der Waals surface area (Å²) >= 11 is 0. The normalized spacial score (nSPS) is 9.94. The monoisotopic (exact) mass is 228 g/mol. The lowest BCUT2D eigenvalue weighted by molar-refractivity contribution is 0.0988. The van der Waals surface area contributed by atoms with Crippen LogP contribution in [0.25, 0.3) is 0 Å². The lowest BCUT2D eigenvalue weighted by atomic mass is 10.2. The minimum Gasteiger partial charge on any atom is -0.397 e. The van der Waals surface area contributed by atoms with Gasteiger partial charge in [-0.1, -0.05) is 6.07 Å². The topological polar surface area (TPSA) is 72.1 Å². The molecule has 0 saturated heterocycles. The summed E-state index contributed by atoms with van der Waals surface area (Å²) in [5.41, 5.74) is 6.31. The number of hydrogen-bond acceptors (Lipinski definition) is 4. The Kier molecular flexibility index (Phi) is 3.00. The zero-order valence-electron chi connectivity index (χ0n) is 9.37. The summed E-state index contributed by atoms with van der Waals surface area (Å²) < 4.78 is 0. The second-order valence-corrected chi connectivity index (χ2v) is 3.49. The first-order valence-corrected chi connectivity index (χ1v) is 5.09. The Morgan fingerprint density at radius 1 is 1.18 bits per heavy atom.